The van der Waals surface area contributed by atoms with E-state index in [4.69, 9.17) is 0 Å². The van der Waals surface area contributed by atoms with E-state index in [9.17, 15) is 4.79 Å². The van der Waals surface area contributed by atoms with Gasteiger partial charge in [-0.2, -0.15) is 4.37 Å². The highest BCUT2D eigenvalue weighted by atomic mass is 32.1. The van der Waals surface area contributed by atoms with Crippen molar-refractivity contribution in [3.63, 3.8) is 0 Å². The molecule has 4 fully saturated rings. The molecule has 4 nitrogen and oxygen atoms in total. The Morgan fingerprint density at radius 3 is 3.00 bits per heavy atom. The Balaban J connectivity index is 1.52. The topological polar surface area (TPSA) is 36.4 Å². The van der Waals surface area contributed by atoms with Crippen LogP contribution in [0, 0.1) is 11.8 Å². The number of fused-ring (bicyclic) bond motifs is 2. The van der Waals surface area contributed by atoms with Gasteiger partial charge in [-0.3, -0.25) is 4.79 Å². The van der Waals surface area contributed by atoms with Crippen molar-refractivity contribution >= 4 is 27.5 Å². The van der Waals surface area contributed by atoms with Crippen molar-refractivity contribution in [3.05, 3.63) is 30.0 Å². The first-order valence-electron chi connectivity index (χ1n) is 7.69. The molecule has 4 saturated heterocycles. The summed E-state index contributed by atoms with van der Waals surface area (Å²) in [5.74, 6) is 1.56. The number of hydrogen-bond donors (Lipinski definition) is 0. The maximum Gasteiger partial charge on any atom is 0.274 e. The van der Waals surface area contributed by atoms with E-state index < -0.39 is 0 Å². The van der Waals surface area contributed by atoms with E-state index in [0.29, 0.717) is 17.7 Å². The molecule has 0 spiro atoms. The molecule has 108 valence electrons. The minimum Gasteiger partial charge on any atom is -0.332 e. The third-order valence-corrected chi connectivity index (χ3v) is 6.32. The number of amides is 1. The predicted octanol–water partition coefficient (Wildman–Crippen LogP) is 2.07. The van der Waals surface area contributed by atoms with Crippen LogP contribution in [-0.4, -0.2) is 52.3 Å². The highest BCUT2D eigenvalue weighted by Crippen LogP contribution is 2.42. The van der Waals surface area contributed by atoms with Crippen LogP contribution in [0.4, 0.5) is 0 Å². The number of carbonyl (C=O) groups is 1. The van der Waals surface area contributed by atoms with E-state index in [-0.39, 0.29) is 5.91 Å². The fourth-order valence-electron chi connectivity index (χ4n) is 4.52. The first-order valence-corrected chi connectivity index (χ1v) is 8.46. The lowest BCUT2D eigenvalue weighted by atomic mass is 9.80. The van der Waals surface area contributed by atoms with Gasteiger partial charge in [0.1, 0.15) is 5.69 Å². The smallest absolute Gasteiger partial charge is 0.274 e. The Hall–Kier alpha value is -1.46. The maximum atomic E-state index is 13.0. The van der Waals surface area contributed by atoms with Gasteiger partial charge in [0, 0.05) is 31.1 Å². The van der Waals surface area contributed by atoms with E-state index >= 15 is 0 Å². The van der Waals surface area contributed by atoms with Crippen molar-refractivity contribution in [3.8, 4) is 0 Å². The summed E-state index contributed by atoms with van der Waals surface area (Å²) in [6.45, 7) is 4.40. The molecule has 5 heteroatoms. The summed E-state index contributed by atoms with van der Waals surface area (Å²) in [7, 11) is 0. The van der Waals surface area contributed by atoms with Gasteiger partial charge in [0.2, 0.25) is 0 Å². The second-order valence-corrected chi connectivity index (χ2v) is 7.33. The molecule has 4 aliphatic heterocycles. The Bertz CT molecular complexity index is 727. The van der Waals surface area contributed by atoms with Crippen molar-refractivity contribution in [2.45, 2.75) is 12.5 Å². The lowest BCUT2D eigenvalue weighted by Crippen LogP contribution is -2.54. The average molecular weight is 299 g/mol. The van der Waals surface area contributed by atoms with E-state index in [1.54, 1.807) is 0 Å². The molecule has 6 rings (SSSR count). The standard InChI is InChI=1S/C16H17N3OS/c20-16(15-12-3-1-2-4-14(12)21-17-15)19-8-10-7-18-6-5-11(10)13(19)9-18/h1-4,10-11,13H,5-9H2/t10-,11?,13-/m0/s1. The molecule has 1 aromatic carbocycles. The van der Waals surface area contributed by atoms with Gasteiger partial charge in [0.05, 0.1) is 4.70 Å². The zero-order chi connectivity index (χ0) is 14.0. The number of aromatic nitrogens is 1. The van der Waals surface area contributed by atoms with Crippen molar-refractivity contribution < 1.29 is 4.79 Å². The summed E-state index contributed by atoms with van der Waals surface area (Å²) in [6.07, 6.45) is 1.26. The van der Waals surface area contributed by atoms with Gasteiger partial charge in [-0.25, -0.2) is 0 Å². The van der Waals surface area contributed by atoms with Crippen LogP contribution in [0.25, 0.3) is 10.1 Å². The zero-order valence-electron chi connectivity index (χ0n) is 11.7. The number of hydrogen-bond acceptors (Lipinski definition) is 4. The Labute approximate surface area is 127 Å². The highest BCUT2D eigenvalue weighted by Gasteiger charge is 2.51. The molecule has 0 aliphatic carbocycles. The van der Waals surface area contributed by atoms with Gasteiger partial charge in [-0.05, 0) is 42.4 Å². The zero-order valence-corrected chi connectivity index (χ0v) is 12.6. The predicted molar refractivity (Wildman–Crippen MR) is 82.5 cm³/mol. The van der Waals surface area contributed by atoms with Crippen LogP contribution < -0.4 is 0 Å². The first kappa shape index (κ1) is 12.1. The highest BCUT2D eigenvalue weighted by molar-refractivity contribution is 7.13. The Kier molecular flexibility index (Phi) is 2.47. The van der Waals surface area contributed by atoms with Crippen LogP contribution in [0.5, 0.6) is 0 Å². The minimum absolute atomic E-state index is 0.147. The molecule has 21 heavy (non-hydrogen) atoms. The van der Waals surface area contributed by atoms with Crippen molar-refractivity contribution in [1.29, 1.82) is 0 Å². The molecule has 2 unspecified atom stereocenters. The summed E-state index contributed by atoms with van der Waals surface area (Å²) in [5, 5.41) is 1.01. The second-order valence-electron chi connectivity index (χ2n) is 6.52. The molecule has 4 aliphatic rings. The van der Waals surface area contributed by atoms with Gasteiger partial charge in [0.25, 0.3) is 5.91 Å². The van der Waals surface area contributed by atoms with Crippen LogP contribution in [0.1, 0.15) is 16.9 Å². The second kappa shape index (κ2) is 4.27. The molecule has 1 aromatic heterocycles. The Morgan fingerprint density at radius 2 is 2.14 bits per heavy atom. The monoisotopic (exact) mass is 299 g/mol. The minimum atomic E-state index is 0.147. The molecule has 2 aromatic rings. The fourth-order valence-corrected chi connectivity index (χ4v) is 5.29. The molecular formula is C16H17N3OS. The number of rotatable bonds is 1. The maximum absolute atomic E-state index is 13.0. The van der Waals surface area contributed by atoms with Gasteiger partial charge in [-0.1, -0.05) is 18.2 Å². The summed E-state index contributed by atoms with van der Waals surface area (Å²) in [5.41, 5.74) is 0.661. The Morgan fingerprint density at radius 1 is 1.24 bits per heavy atom. The summed E-state index contributed by atoms with van der Waals surface area (Å²) < 4.78 is 5.56. The van der Waals surface area contributed by atoms with Crippen LogP contribution >= 0.6 is 11.5 Å². The van der Waals surface area contributed by atoms with Crippen molar-refractivity contribution in [2.24, 2.45) is 11.8 Å². The summed E-state index contributed by atoms with van der Waals surface area (Å²) in [4.78, 5) is 17.6. The lowest BCUT2D eigenvalue weighted by molar-refractivity contribution is 0.0421. The molecule has 0 N–H and O–H groups in total. The van der Waals surface area contributed by atoms with Crippen molar-refractivity contribution in [1.82, 2.24) is 14.2 Å². The summed E-state index contributed by atoms with van der Waals surface area (Å²) >= 11 is 1.43. The molecular weight excluding hydrogens is 282 g/mol. The molecule has 4 bridgehead atoms. The number of likely N-dealkylation sites (tertiary alicyclic amines) is 1. The number of nitrogens with zero attached hydrogens (tertiary/aromatic N) is 3. The largest absolute Gasteiger partial charge is 0.332 e. The van der Waals surface area contributed by atoms with Gasteiger partial charge in [0.15, 0.2) is 0 Å². The van der Waals surface area contributed by atoms with Gasteiger partial charge >= 0.3 is 0 Å². The van der Waals surface area contributed by atoms with Crippen LogP contribution in [0.2, 0.25) is 0 Å². The fraction of sp³-hybridized carbons (Fsp3) is 0.500. The van der Waals surface area contributed by atoms with E-state index in [2.05, 4.69) is 14.2 Å². The number of benzene rings is 1. The third-order valence-electron chi connectivity index (χ3n) is 5.49. The normalized spacial score (nSPS) is 33.8. The van der Waals surface area contributed by atoms with Crippen LogP contribution in [-0.2, 0) is 0 Å². The third kappa shape index (κ3) is 1.64. The number of piperidine rings is 3. The SMILES string of the molecule is O=C(c1nsc2ccccc12)N1C[C@@H]2CN3CCC2[C@@H]1C3. The molecule has 0 radical (unpaired) electrons. The quantitative estimate of drug-likeness (QED) is 0.809. The molecule has 4 atom stereocenters. The van der Waals surface area contributed by atoms with Gasteiger partial charge in [-0.15, -0.1) is 0 Å². The van der Waals surface area contributed by atoms with Gasteiger partial charge < -0.3 is 9.80 Å². The molecule has 0 saturated carbocycles. The molecule has 1 amide bonds. The van der Waals surface area contributed by atoms with Crippen molar-refractivity contribution in [2.75, 3.05) is 26.2 Å². The van der Waals surface area contributed by atoms with Crippen LogP contribution in [0.15, 0.2) is 24.3 Å². The lowest BCUT2D eigenvalue weighted by Gasteiger charge is -2.44. The first-order chi connectivity index (χ1) is 10.3. The van der Waals surface area contributed by atoms with E-state index in [1.807, 2.05) is 24.3 Å². The number of carbonyl (C=O) groups excluding carboxylic acids is 1. The van der Waals surface area contributed by atoms with E-state index in [1.165, 1.54) is 31.0 Å². The van der Waals surface area contributed by atoms with E-state index in [0.717, 1.165) is 29.1 Å². The van der Waals surface area contributed by atoms with Crippen LogP contribution in [0.3, 0.4) is 0 Å². The molecule has 5 heterocycles. The average Bonchev–Trinajstić information content (AvgIpc) is 3.06. The summed E-state index contributed by atoms with van der Waals surface area (Å²) in [6, 6.07) is 8.47.